The van der Waals surface area contributed by atoms with Gasteiger partial charge >= 0.3 is 5.97 Å². The van der Waals surface area contributed by atoms with E-state index in [0.29, 0.717) is 24.0 Å². The number of nitrogens with one attached hydrogen (secondary N) is 1. The third kappa shape index (κ3) is 4.75. The molecule has 2 aromatic rings. The van der Waals surface area contributed by atoms with Gasteiger partial charge in [-0.05, 0) is 56.9 Å². The number of hydrogen-bond donors (Lipinski definition) is 1. The van der Waals surface area contributed by atoms with E-state index in [-0.39, 0.29) is 29.1 Å². The second kappa shape index (κ2) is 9.30. The normalized spacial score (nSPS) is 15.1. The maximum absolute atomic E-state index is 13.6. The summed E-state index contributed by atoms with van der Waals surface area (Å²) in [5.41, 5.74) is 1.75. The maximum Gasteiger partial charge on any atom is 0.328 e. The first kappa shape index (κ1) is 24.4. The number of carbonyl (C=O) groups excluding carboxylic acids is 2. The van der Waals surface area contributed by atoms with Crippen molar-refractivity contribution in [2.45, 2.75) is 56.1 Å². The summed E-state index contributed by atoms with van der Waals surface area (Å²) >= 11 is 0. The van der Waals surface area contributed by atoms with Crippen molar-refractivity contribution in [2.24, 2.45) is 0 Å². The van der Waals surface area contributed by atoms with Crippen molar-refractivity contribution < 1.29 is 27.7 Å². The van der Waals surface area contributed by atoms with Gasteiger partial charge in [0.05, 0.1) is 9.82 Å². The predicted octanol–water partition coefficient (Wildman–Crippen LogP) is 3.79. The van der Waals surface area contributed by atoms with E-state index in [1.807, 2.05) is 0 Å². The number of carbonyl (C=O) groups is 2. The summed E-state index contributed by atoms with van der Waals surface area (Å²) in [6, 6.07) is 9.24. The van der Waals surface area contributed by atoms with Gasteiger partial charge in [0, 0.05) is 17.3 Å². The topological polar surface area (TPSA) is 133 Å². The molecular formula is C23H26N2O7S. The van der Waals surface area contributed by atoms with Crippen LogP contribution >= 0.6 is 0 Å². The van der Waals surface area contributed by atoms with Crippen molar-refractivity contribution in [1.82, 2.24) is 0 Å². The molecule has 1 N–H and O–H groups in total. The van der Waals surface area contributed by atoms with Gasteiger partial charge in [0.15, 0.2) is 21.2 Å². The summed E-state index contributed by atoms with van der Waals surface area (Å²) in [5.74, 6) is -1.68. The molecule has 0 bridgehead atoms. The monoisotopic (exact) mass is 474 g/mol. The molecule has 0 heterocycles. The molecule has 0 radical (unpaired) electrons. The number of anilines is 1. The van der Waals surface area contributed by atoms with Crippen molar-refractivity contribution in [3.05, 3.63) is 63.2 Å². The Labute approximate surface area is 192 Å². The Kier molecular flexibility index (Phi) is 6.87. The molecule has 1 amide bonds. The number of esters is 1. The molecule has 3 rings (SSSR count). The molecule has 0 aliphatic heterocycles. The Balaban J connectivity index is 1.77. The molecule has 1 fully saturated rings. The first-order chi connectivity index (χ1) is 15.5. The molecule has 33 heavy (non-hydrogen) atoms. The zero-order valence-electron chi connectivity index (χ0n) is 18.7. The maximum atomic E-state index is 13.6. The van der Waals surface area contributed by atoms with Crippen LogP contribution in [-0.2, 0) is 24.2 Å². The highest BCUT2D eigenvalue weighted by Crippen LogP contribution is 2.42. The van der Waals surface area contributed by atoms with E-state index in [9.17, 15) is 28.1 Å². The summed E-state index contributed by atoms with van der Waals surface area (Å²) in [4.78, 5) is 36.0. The fraction of sp³-hybridized carbons (Fsp3) is 0.391. The van der Waals surface area contributed by atoms with E-state index in [1.54, 1.807) is 39.0 Å². The summed E-state index contributed by atoms with van der Waals surface area (Å²) in [5, 5.41) is 13.5. The molecule has 0 unspecified atom stereocenters. The van der Waals surface area contributed by atoms with E-state index >= 15 is 0 Å². The number of aryl methyl sites for hydroxylation is 3. The highest BCUT2D eigenvalue weighted by molar-refractivity contribution is 7.93. The van der Waals surface area contributed by atoms with Crippen LogP contribution in [0.2, 0.25) is 0 Å². The molecule has 10 heteroatoms. The minimum absolute atomic E-state index is 0.0952. The van der Waals surface area contributed by atoms with Crippen molar-refractivity contribution >= 4 is 33.1 Å². The number of ether oxygens (including phenoxy) is 1. The molecule has 176 valence electrons. The number of nitrogens with zero attached hydrogens (tertiary/aromatic N) is 1. The molecule has 1 saturated carbocycles. The highest BCUT2D eigenvalue weighted by atomic mass is 32.2. The van der Waals surface area contributed by atoms with Gasteiger partial charge in [-0.15, -0.1) is 0 Å². The lowest BCUT2D eigenvalue weighted by molar-refractivity contribution is -0.385. The lowest BCUT2D eigenvalue weighted by atomic mass is 10.1. The number of nitro benzene ring substituents is 1. The molecule has 0 saturated heterocycles. The minimum Gasteiger partial charge on any atom is -0.454 e. The number of rotatable bonds is 7. The van der Waals surface area contributed by atoms with Gasteiger partial charge in [-0.25, -0.2) is 8.42 Å². The van der Waals surface area contributed by atoms with Crippen molar-refractivity contribution in [1.29, 1.82) is 0 Å². The molecular weight excluding hydrogens is 448 g/mol. The molecule has 1 aliphatic rings. The van der Waals surface area contributed by atoms with Crippen LogP contribution in [0.4, 0.5) is 11.4 Å². The standard InChI is InChI=1S/C23H26N2O7S/c1-15-6-7-17(3)20(12-15)33(30,31)23(10-4-5-11-23)22(27)32-14-21(26)24-18-9-8-16(2)19(13-18)25(28)29/h6-9,12-13H,4-5,10-11,14H2,1-3H3,(H,24,26). The Morgan fingerprint density at radius 3 is 2.33 bits per heavy atom. The van der Waals surface area contributed by atoms with Gasteiger partial charge in [0.25, 0.3) is 11.6 Å². The van der Waals surface area contributed by atoms with Gasteiger partial charge in [-0.3, -0.25) is 19.7 Å². The summed E-state index contributed by atoms with van der Waals surface area (Å²) in [7, 11) is -4.06. The first-order valence-electron chi connectivity index (χ1n) is 10.5. The van der Waals surface area contributed by atoms with Crippen LogP contribution in [0.5, 0.6) is 0 Å². The van der Waals surface area contributed by atoms with Gasteiger partial charge < -0.3 is 10.1 Å². The Bertz CT molecular complexity index is 1220. The van der Waals surface area contributed by atoms with Crippen LogP contribution in [0, 0.1) is 30.9 Å². The van der Waals surface area contributed by atoms with E-state index in [2.05, 4.69) is 5.32 Å². The largest absolute Gasteiger partial charge is 0.454 e. The van der Waals surface area contributed by atoms with Gasteiger partial charge in [-0.1, -0.05) is 31.0 Å². The van der Waals surface area contributed by atoms with Gasteiger partial charge in [0.1, 0.15) is 0 Å². The van der Waals surface area contributed by atoms with Crippen LogP contribution in [0.15, 0.2) is 41.3 Å². The quantitative estimate of drug-likeness (QED) is 0.367. The second-order valence-corrected chi connectivity index (χ2v) is 10.6. The summed E-state index contributed by atoms with van der Waals surface area (Å²) in [6.07, 6.45) is 1.34. The van der Waals surface area contributed by atoms with Crippen LogP contribution in [0.25, 0.3) is 0 Å². The average molecular weight is 475 g/mol. The SMILES string of the molecule is Cc1ccc(C)c(S(=O)(=O)C2(C(=O)OCC(=O)Nc3ccc(C)c([N+](=O)[O-])c3)CCCC2)c1. The van der Waals surface area contributed by atoms with E-state index in [4.69, 9.17) is 4.74 Å². The molecule has 9 nitrogen and oxygen atoms in total. The average Bonchev–Trinajstić information content (AvgIpc) is 3.27. The van der Waals surface area contributed by atoms with Gasteiger partial charge in [0.2, 0.25) is 0 Å². The van der Waals surface area contributed by atoms with E-state index < -0.39 is 38.0 Å². The molecule has 0 aromatic heterocycles. The summed E-state index contributed by atoms with van der Waals surface area (Å²) < 4.78 is 30.6. The number of benzene rings is 2. The van der Waals surface area contributed by atoms with Crippen molar-refractivity contribution in [3.63, 3.8) is 0 Å². The number of hydrogen-bond acceptors (Lipinski definition) is 7. The Hall–Kier alpha value is -3.27. The van der Waals surface area contributed by atoms with Crippen LogP contribution in [0.1, 0.15) is 42.4 Å². The van der Waals surface area contributed by atoms with E-state index in [1.165, 1.54) is 18.2 Å². The number of amides is 1. The van der Waals surface area contributed by atoms with E-state index in [0.717, 1.165) is 5.56 Å². The zero-order valence-corrected chi connectivity index (χ0v) is 19.5. The lowest BCUT2D eigenvalue weighted by Crippen LogP contribution is -2.46. The van der Waals surface area contributed by atoms with Crippen molar-refractivity contribution in [3.8, 4) is 0 Å². The third-order valence-corrected chi connectivity index (χ3v) is 8.58. The number of nitro groups is 1. The first-order valence-corrected chi connectivity index (χ1v) is 12.0. The third-order valence-electron chi connectivity index (χ3n) is 5.95. The fourth-order valence-corrected chi connectivity index (χ4v) is 6.44. The fourth-order valence-electron chi connectivity index (χ4n) is 4.08. The minimum atomic E-state index is -4.06. The second-order valence-electron chi connectivity index (χ2n) is 8.36. The van der Waals surface area contributed by atoms with Crippen LogP contribution in [0.3, 0.4) is 0 Å². The van der Waals surface area contributed by atoms with Gasteiger partial charge in [-0.2, -0.15) is 0 Å². The summed E-state index contributed by atoms with van der Waals surface area (Å²) in [6.45, 7) is 4.32. The highest BCUT2D eigenvalue weighted by Gasteiger charge is 2.54. The van der Waals surface area contributed by atoms with Crippen LogP contribution in [-0.4, -0.2) is 36.6 Å². The Morgan fingerprint density at radius 2 is 1.70 bits per heavy atom. The number of sulfone groups is 1. The Morgan fingerprint density at radius 1 is 1.06 bits per heavy atom. The zero-order chi connectivity index (χ0) is 24.4. The smallest absolute Gasteiger partial charge is 0.328 e. The van der Waals surface area contributed by atoms with Crippen molar-refractivity contribution in [2.75, 3.05) is 11.9 Å². The lowest BCUT2D eigenvalue weighted by Gasteiger charge is -2.27. The molecule has 2 aromatic carbocycles. The predicted molar refractivity (Wildman–Crippen MR) is 122 cm³/mol. The molecule has 0 atom stereocenters. The van der Waals surface area contributed by atoms with Crippen LogP contribution < -0.4 is 5.32 Å². The molecule has 1 aliphatic carbocycles. The molecule has 0 spiro atoms.